The Morgan fingerprint density at radius 1 is 0.892 bits per heavy atom. The third kappa shape index (κ3) is 14.6. The maximum atomic E-state index is 12.8. The zero-order valence-corrected chi connectivity index (χ0v) is 22.4. The van der Waals surface area contributed by atoms with Crippen LogP contribution in [0.4, 0.5) is 14.4 Å². The zero-order chi connectivity index (χ0) is 28.2. The van der Waals surface area contributed by atoms with Gasteiger partial charge in [0.2, 0.25) is 5.91 Å². The Kier molecular flexibility index (Phi) is 12.1. The third-order valence-electron chi connectivity index (χ3n) is 4.57. The number of hydrogen-bond acceptors (Lipinski definition) is 7. The summed E-state index contributed by atoms with van der Waals surface area (Å²) in [4.78, 5) is 49.8. The molecule has 0 bridgehead atoms. The molecule has 0 heterocycles. The van der Waals surface area contributed by atoms with Crippen LogP contribution in [0.15, 0.2) is 30.3 Å². The van der Waals surface area contributed by atoms with E-state index in [-0.39, 0.29) is 32.6 Å². The first kappa shape index (κ1) is 31.5. The number of hydrogen-bond donors (Lipinski definition) is 5. The van der Waals surface area contributed by atoms with Crippen molar-refractivity contribution >= 4 is 24.2 Å². The molecule has 1 aromatic carbocycles. The highest BCUT2D eigenvalue weighted by Crippen LogP contribution is 2.10. The van der Waals surface area contributed by atoms with Crippen molar-refractivity contribution < 1.29 is 38.9 Å². The second-order valence-electron chi connectivity index (χ2n) is 10.5. The molecule has 208 valence electrons. The number of carbonyl (C=O) groups is 4. The number of carboxylic acid groups (broad SMARTS) is 1. The number of ether oxygens (including phenoxy) is 2. The largest absolute Gasteiger partial charge is 0.465 e. The average Bonchev–Trinajstić information content (AvgIpc) is 2.76. The van der Waals surface area contributed by atoms with Gasteiger partial charge in [-0.25, -0.2) is 14.4 Å². The van der Waals surface area contributed by atoms with E-state index in [0.29, 0.717) is 0 Å². The molecule has 0 aliphatic rings. The Hall–Kier alpha value is -3.54. The predicted octanol–water partition coefficient (Wildman–Crippen LogP) is 2.45. The Labute approximate surface area is 217 Å². The van der Waals surface area contributed by atoms with Crippen molar-refractivity contribution in [1.29, 1.82) is 0 Å². The molecule has 1 unspecified atom stereocenters. The Morgan fingerprint density at radius 3 is 1.97 bits per heavy atom. The lowest BCUT2D eigenvalue weighted by Gasteiger charge is -2.26. The Morgan fingerprint density at radius 2 is 1.43 bits per heavy atom. The predicted molar refractivity (Wildman–Crippen MR) is 136 cm³/mol. The molecule has 0 saturated heterocycles. The molecule has 0 aliphatic carbocycles. The molecule has 2 atom stereocenters. The van der Waals surface area contributed by atoms with Crippen LogP contribution in [0.2, 0.25) is 0 Å². The number of alkyl carbamates (subject to hydrolysis) is 2. The maximum Gasteiger partial charge on any atom is 0.408 e. The van der Waals surface area contributed by atoms with Gasteiger partial charge in [0.25, 0.3) is 0 Å². The topological polar surface area (TPSA) is 167 Å². The first-order chi connectivity index (χ1) is 17.1. The number of carbonyl (C=O) groups excluding carboxylic acids is 3. The molecule has 0 fully saturated rings. The molecule has 12 heteroatoms. The maximum absolute atomic E-state index is 12.8. The van der Waals surface area contributed by atoms with E-state index < -0.39 is 47.5 Å². The summed E-state index contributed by atoms with van der Waals surface area (Å²) < 4.78 is 10.3. The van der Waals surface area contributed by atoms with Crippen LogP contribution in [0.5, 0.6) is 0 Å². The lowest BCUT2D eigenvalue weighted by atomic mass is 10.1. The van der Waals surface area contributed by atoms with Crippen LogP contribution >= 0.6 is 0 Å². The number of aliphatic hydroxyl groups is 1. The molecular weight excluding hydrogens is 484 g/mol. The smallest absolute Gasteiger partial charge is 0.408 e. The lowest BCUT2D eigenvalue weighted by molar-refractivity contribution is -0.123. The number of nitrogens with one attached hydrogen (secondary N) is 3. The second kappa shape index (κ2) is 14.3. The van der Waals surface area contributed by atoms with E-state index in [4.69, 9.17) is 9.47 Å². The fourth-order valence-corrected chi connectivity index (χ4v) is 2.98. The van der Waals surface area contributed by atoms with Gasteiger partial charge in [-0.2, -0.15) is 0 Å². The van der Waals surface area contributed by atoms with E-state index in [1.165, 1.54) is 0 Å². The van der Waals surface area contributed by atoms with E-state index in [0.717, 1.165) is 10.5 Å². The quantitative estimate of drug-likeness (QED) is 0.294. The minimum absolute atomic E-state index is 0.0452. The van der Waals surface area contributed by atoms with Gasteiger partial charge < -0.3 is 40.5 Å². The number of nitrogens with zero attached hydrogens (tertiary/aromatic N) is 1. The van der Waals surface area contributed by atoms with Gasteiger partial charge in [-0.3, -0.25) is 4.79 Å². The normalized spacial score (nSPS) is 13.1. The molecular formula is C25H40N4O8. The minimum atomic E-state index is -1.18. The van der Waals surface area contributed by atoms with Gasteiger partial charge in [0, 0.05) is 26.2 Å². The van der Waals surface area contributed by atoms with Crippen LogP contribution in [0.3, 0.4) is 0 Å². The summed E-state index contributed by atoms with van der Waals surface area (Å²) in [5, 5.41) is 27.1. The van der Waals surface area contributed by atoms with E-state index in [1.807, 2.05) is 6.07 Å². The first-order valence-corrected chi connectivity index (χ1v) is 12.0. The summed E-state index contributed by atoms with van der Waals surface area (Å²) in [5.41, 5.74) is -0.741. The van der Waals surface area contributed by atoms with Crippen molar-refractivity contribution in [3.8, 4) is 0 Å². The van der Waals surface area contributed by atoms with Crippen molar-refractivity contribution in [1.82, 2.24) is 20.9 Å². The molecule has 1 aromatic rings. The van der Waals surface area contributed by atoms with Crippen LogP contribution < -0.4 is 16.0 Å². The highest BCUT2D eigenvalue weighted by molar-refractivity contribution is 5.85. The lowest BCUT2D eigenvalue weighted by Crippen LogP contribution is -2.51. The second-order valence-corrected chi connectivity index (χ2v) is 10.5. The highest BCUT2D eigenvalue weighted by atomic mass is 16.6. The summed E-state index contributed by atoms with van der Waals surface area (Å²) in [6.07, 6.45) is -3.91. The van der Waals surface area contributed by atoms with Gasteiger partial charge >= 0.3 is 18.3 Å². The highest BCUT2D eigenvalue weighted by Gasteiger charge is 2.26. The van der Waals surface area contributed by atoms with Crippen LogP contribution in [0.25, 0.3) is 0 Å². The SMILES string of the molecule is CC(C)(C)OC(=O)NCC(O)CNC(=O)[C@H](CCN(Cc1ccccc1)C(=O)O)NC(=O)OC(C)(C)C. The van der Waals surface area contributed by atoms with Crippen LogP contribution in [0, 0.1) is 0 Å². The van der Waals surface area contributed by atoms with Crippen molar-refractivity contribution in [2.45, 2.75) is 77.9 Å². The van der Waals surface area contributed by atoms with E-state index in [1.54, 1.807) is 65.8 Å². The van der Waals surface area contributed by atoms with E-state index >= 15 is 0 Å². The molecule has 0 radical (unpaired) electrons. The number of rotatable bonds is 11. The molecule has 37 heavy (non-hydrogen) atoms. The third-order valence-corrected chi connectivity index (χ3v) is 4.57. The molecule has 0 saturated carbocycles. The summed E-state index contributed by atoms with van der Waals surface area (Å²) >= 11 is 0. The van der Waals surface area contributed by atoms with Crippen molar-refractivity contribution in [2.24, 2.45) is 0 Å². The Balaban J connectivity index is 2.77. The first-order valence-electron chi connectivity index (χ1n) is 12.0. The zero-order valence-electron chi connectivity index (χ0n) is 22.4. The van der Waals surface area contributed by atoms with Crippen LogP contribution in [-0.4, -0.2) is 82.3 Å². The summed E-state index contributed by atoms with van der Waals surface area (Å²) in [6.45, 7) is 9.75. The molecule has 0 aromatic heterocycles. The van der Waals surface area contributed by atoms with Gasteiger partial charge in [-0.1, -0.05) is 30.3 Å². The van der Waals surface area contributed by atoms with E-state index in [9.17, 15) is 29.4 Å². The Bertz CT molecular complexity index is 896. The van der Waals surface area contributed by atoms with Crippen LogP contribution in [-0.2, 0) is 20.8 Å². The van der Waals surface area contributed by atoms with Crippen molar-refractivity contribution in [3.05, 3.63) is 35.9 Å². The molecule has 5 N–H and O–H groups in total. The number of amides is 4. The molecule has 4 amide bonds. The number of benzene rings is 1. The fourth-order valence-electron chi connectivity index (χ4n) is 2.98. The van der Waals surface area contributed by atoms with Gasteiger partial charge in [0.15, 0.2) is 0 Å². The van der Waals surface area contributed by atoms with Crippen molar-refractivity contribution in [2.75, 3.05) is 19.6 Å². The average molecular weight is 525 g/mol. The van der Waals surface area contributed by atoms with E-state index in [2.05, 4.69) is 16.0 Å². The molecule has 1 rings (SSSR count). The number of aliphatic hydroxyl groups excluding tert-OH is 1. The van der Waals surface area contributed by atoms with Gasteiger partial charge in [0.05, 0.1) is 6.10 Å². The monoisotopic (exact) mass is 524 g/mol. The van der Waals surface area contributed by atoms with Crippen molar-refractivity contribution in [3.63, 3.8) is 0 Å². The van der Waals surface area contributed by atoms with Crippen LogP contribution in [0.1, 0.15) is 53.5 Å². The summed E-state index contributed by atoms with van der Waals surface area (Å²) in [7, 11) is 0. The molecule has 12 nitrogen and oxygen atoms in total. The molecule has 0 spiro atoms. The van der Waals surface area contributed by atoms with Gasteiger partial charge in [-0.05, 0) is 53.5 Å². The summed E-state index contributed by atoms with van der Waals surface area (Å²) in [6, 6.07) is 7.82. The van der Waals surface area contributed by atoms with Gasteiger partial charge in [-0.15, -0.1) is 0 Å². The standard InChI is InChI=1S/C25H40N4O8/c1-24(2,3)36-21(32)27-15-18(30)14-26-20(31)19(28-22(33)37-25(4,5)6)12-13-29(23(34)35)16-17-10-8-7-9-11-17/h7-11,18-19,30H,12-16H2,1-6H3,(H,26,31)(H,27,32)(H,28,33)(H,34,35)/t18?,19-/m0/s1. The fraction of sp³-hybridized carbons (Fsp3) is 0.600. The molecule has 0 aliphatic heterocycles. The summed E-state index contributed by atoms with van der Waals surface area (Å²) in [5.74, 6) is -0.646. The minimum Gasteiger partial charge on any atom is -0.465 e. The van der Waals surface area contributed by atoms with Gasteiger partial charge in [0.1, 0.15) is 17.2 Å².